The number of hydrogen-bond donors (Lipinski definition) is 0. The average Bonchev–Trinajstić information content (AvgIpc) is 2.34. The molecular weight excluding hydrogens is 349 g/mol. The van der Waals surface area contributed by atoms with Gasteiger partial charge in [0.15, 0.2) is 0 Å². The third-order valence-corrected chi connectivity index (χ3v) is 2.81. The smallest absolute Gasteiger partial charge is 0.321 e. The van der Waals surface area contributed by atoms with Gasteiger partial charge in [0.2, 0.25) is 0 Å². The van der Waals surface area contributed by atoms with E-state index in [-0.39, 0.29) is 11.7 Å². The summed E-state index contributed by atoms with van der Waals surface area (Å²) in [5.74, 6) is 0.380. The van der Waals surface area contributed by atoms with Crippen LogP contribution in [0.3, 0.4) is 0 Å². The van der Waals surface area contributed by atoms with Crippen molar-refractivity contribution in [2.75, 3.05) is 0 Å². The number of nitro benzene ring substituents is 1. The third kappa shape index (κ3) is 2.73. The minimum atomic E-state index is -0.447. The number of aromatic nitrogens is 2. The molecule has 0 amide bonds. The number of hydrogen-bond acceptors (Lipinski definition) is 5. The maximum absolute atomic E-state index is 10.8. The van der Waals surface area contributed by atoms with E-state index in [1.165, 1.54) is 6.07 Å². The molecule has 2 aromatic rings. The Kier molecular flexibility index (Phi) is 3.70. The molecule has 0 atom stereocenters. The highest BCUT2D eigenvalue weighted by Crippen LogP contribution is 2.29. The fourth-order valence-corrected chi connectivity index (χ4v) is 1.64. The summed E-state index contributed by atoms with van der Waals surface area (Å²) in [7, 11) is 0. The van der Waals surface area contributed by atoms with Crippen molar-refractivity contribution in [1.29, 1.82) is 0 Å². The highest BCUT2D eigenvalue weighted by atomic mass is 127. The molecule has 0 saturated carbocycles. The fraction of sp³-hybridized carbons (Fsp3) is 0.0909. The van der Waals surface area contributed by atoms with E-state index in [1.54, 1.807) is 31.5 Å². The molecule has 0 radical (unpaired) electrons. The van der Waals surface area contributed by atoms with Crippen molar-refractivity contribution in [3.8, 4) is 11.8 Å². The van der Waals surface area contributed by atoms with Crippen LogP contribution in [0.25, 0.3) is 0 Å². The van der Waals surface area contributed by atoms with Gasteiger partial charge in [0.05, 0.1) is 10.5 Å². The first-order valence-corrected chi connectivity index (χ1v) is 6.05. The number of halogens is 1. The normalized spacial score (nSPS) is 10.1. The van der Waals surface area contributed by atoms with E-state index in [4.69, 9.17) is 4.74 Å². The maximum atomic E-state index is 10.8. The number of nitrogens with zero attached hydrogens (tertiary/aromatic N) is 3. The molecule has 0 fully saturated rings. The summed E-state index contributed by atoms with van der Waals surface area (Å²) in [6.45, 7) is 1.63. The standard InChI is InChI=1S/C11H8IN3O3/c1-7-9(15(16)17)3-2-4-10(7)18-11-13-5-8(12)6-14-11/h2-6H,1H3. The van der Waals surface area contributed by atoms with Gasteiger partial charge in [-0.25, -0.2) is 9.97 Å². The van der Waals surface area contributed by atoms with Crippen LogP contribution < -0.4 is 4.74 Å². The van der Waals surface area contributed by atoms with Gasteiger partial charge in [0, 0.05) is 22.0 Å². The van der Waals surface area contributed by atoms with E-state index >= 15 is 0 Å². The topological polar surface area (TPSA) is 78.2 Å². The van der Waals surface area contributed by atoms with Crippen LogP contribution in [0.1, 0.15) is 5.56 Å². The minimum Gasteiger partial charge on any atom is -0.424 e. The lowest BCUT2D eigenvalue weighted by molar-refractivity contribution is -0.385. The number of nitro groups is 1. The molecule has 0 unspecified atom stereocenters. The summed E-state index contributed by atoms with van der Waals surface area (Å²) in [5.41, 5.74) is 0.461. The lowest BCUT2D eigenvalue weighted by Crippen LogP contribution is -1.97. The van der Waals surface area contributed by atoms with Crippen molar-refractivity contribution in [2.45, 2.75) is 6.92 Å². The predicted molar refractivity (Wildman–Crippen MR) is 72.7 cm³/mol. The van der Waals surface area contributed by atoms with Crippen molar-refractivity contribution in [3.05, 3.63) is 49.8 Å². The predicted octanol–water partition coefficient (Wildman–Crippen LogP) is 3.09. The van der Waals surface area contributed by atoms with Crippen LogP contribution in [0.15, 0.2) is 30.6 Å². The van der Waals surface area contributed by atoms with Gasteiger partial charge in [0.1, 0.15) is 5.75 Å². The van der Waals surface area contributed by atoms with Crippen LogP contribution in [0.2, 0.25) is 0 Å². The highest BCUT2D eigenvalue weighted by Gasteiger charge is 2.15. The second kappa shape index (κ2) is 5.25. The monoisotopic (exact) mass is 357 g/mol. The van der Waals surface area contributed by atoms with Gasteiger partial charge in [-0.15, -0.1) is 0 Å². The summed E-state index contributed by atoms with van der Waals surface area (Å²) >= 11 is 2.08. The Hall–Kier alpha value is -1.77. The molecule has 2 rings (SSSR count). The highest BCUT2D eigenvalue weighted by molar-refractivity contribution is 14.1. The van der Waals surface area contributed by atoms with Crippen LogP contribution in [0, 0.1) is 20.6 Å². The van der Waals surface area contributed by atoms with Crippen LogP contribution in [-0.4, -0.2) is 14.9 Å². The second-order valence-electron chi connectivity index (χ2n) is 3.44. The molecule has 0 aliphatic carbocycles. The Labute approximate surface area is 116 Å². The molecule has 6 nitrogen and oxygen atoms in total. The zero-order valence-electron chi connectivity index (χ0n) is 9.33. The Balaban J connectivity index is 2.32. The maximum Gasteiger partial charge on any atom is 0.321 e. The van der Waals surface area contributed by atoms with Crippen LogP contribution >= 0.6 is 22.6 Å². The van der Waals surface area contributed by atoms with Gasteiger partial charge < -0.3 is 4.74 Å². The quantitative estimate of drug-likeness (QED) is 0.479. The zero-order valence-corrected chi connectivity index (χ0v) is 11.5. The van der Waals surface area contributed by atoms with Gasteiger partial charge in [-0.2, -0.15) is 0 Å². The van der Waals surface area contributed by atoms with E-state index in [0.717, 1.165) is 3.57 Å². The summed E-state index contributed by atoms with van der Waals surface area (Å²) in [6, 6.07) is 4.80. The molecule has 18 heavy (non-hydrogen) atoms. The van der Waals surface area contributed by atoms with E-state index in [9.17, 15) is 10.1 Å². The molecule has 0 spiro atoms. The zero-order chi connectivity index (χ0) is 13.1. The lowest BCUT2D eigenvalue weighted by Gasteiger charge is -2.06. The Morgan fingerprint density at radius 1 is 1.33 bits per heavy atom. The third-order valence-electron chi connectivity index (χ3n) is 2.25. The molecule has 1 heterocycles. The van der Waals surface area contributed by atoms with Crippen LogP contribution in [0.4, 0.5) is 5.69 Å². The summed E-state index contributed by atoms with van der Waals surface area (Å²) in [5, 5.41) is 10.8. The molecule has 0 aliphatic heterocycles. The van der Waals surface area contributed by atoms with Gasteiger partial charge in [0.25, 0.3) is 5.69 Å². The summed E-state index contributed by atoms with van der Waals surface area (Å²) < 4.78 is 6.31. The first kappa shape index (κ1) is 12.7. The fourth-order valence-electron chi connectivity index (χ4n) is 1.36. The van der Waals surface area contributed by atoms with Crippen molar-refractivity contribution in [2.24, 2.45) is 0 Å². The van der Waals surface area contributed by atoms with E-state index in [0.29, 0.717) is 11.3 Å². The number of ether oxygens (including phenoxy) is 1. The Morgan fingerprint density at radius 2 is 2.00 bits per heavy atom. The largest absolute Gasteiger partial charge is 0.424 e. The van der Waals surface area contributed by atoms with Gasteiger partial charge in [-0.3, -0.25) is 10.1 Å². The molecule has 0 bridgehead atoms. The van der Waals surface area contributed by atoms with Crippen LogP contribution in [-0.2, 0) is 0 Å². The van der Waals surface area contributed by atoms with Gasteiger partial charge in [-0.05, 0) is 35.6 Å². The minimum absolute atomic E-state index is 0.0120. The first-order valence-electron chi connectivity index (χ1n) is 4.97. The summed E-state index contributed by atoms with van der Waals surface area (Å²) in [6.07, 6.45) is 3.21. The number of rotatable bonds is 3. The SMILES string of the molecule is Cc1c(Oc2ncc(I)cn2)cccc1[N+](=O)[O-]. The first-order chi connectivity index (χ1) is 8.58. The molecule has 0 aliphatic rings. The van der Waals surface area contributed by atoms with Crippen molar-refractivity contribution < 1.29 is 9.66 Å². The van der Waals surface area contributed by atoms with Gasteiger partial charge in [-0.1, -0.05) is 6.07 Å². The second-order valence-corrected chi connectivity index (χ2v) is 4.69. The molecule has 1 aromatic carbocycles. The molecule has 0 saturated heterocycles. The molecule has 92 valence electrons. The van der Waals surface area contributed by atoms with E-state index in [2.05, 4.69) is 32.6 Å². The van der Waals surface area contributed by atoms with E-state index < -0.39 is 4.92 Å². The molecule has 1 aromatic heterocycles. The van der Waals surface area contributed by atoms with Crippen molar-refractivity contribution in [1.82, 2.24) is 9.97 Å². The molecular formula is C11H8IN3O3. The van der Waals surface area contributed by atoms with Gasteiger partial charge >= 0.3 is 6.01 Å². The Morgan fingerprint density at radius 3 is 2.61 bits per heavy atom. The lowest BCUT2D eigenvalue weighted by atomic mass is 10.2. The van der Waals surface area contributed by atoms with Crippen LogP contribution in [0.5, 0.6) is 11.8 Å². The molecule has 7 heteroatoms. The molecule has 0 N–H and O–H groups in total. The average molecular weight is 357 g/mol. The van der Waals surface area contributed by atoms with Crippen molar-refractivity contribution >= 4 is 28.3 Å². The van der Waals surface area contributed by atoms with Crippen molar-refractivity contribution in [3.63, 3.8) is 0 Å². The van der Waals surface area contributed by atoms with E-state index in [1.807, 2.05) is 0 Å². The number of benzene rings is 1. The summed E-state index contributed by atoms with van der Waals surface area (Å²) in [4.78, 5) is 18.3. The Bertz CT molecular complexity index is 587.